The number of hydrogen-bond acceptors (Lipinski definition) is 5. The summed E-state index contributed by atoms with van der Waals surface area (Å²) in [7, 11) is 0. The summed E-state index contributed by atoms with van der Waals surface area (Å²) in [4.78, 5) is 11.3. The van der Waals surface area contributed by atoms with Crippen molar-refractivity contribution in [3.63, 3.8) is 0 Å². The van der Waals surface area contributed by atoms with Crippen LogP contribution in [-0.2, 0) is 47.2 Å². The Hall–Kier alpha value is -4.14. The molecule has 0 radical (unpaired) electrons. The number of aliphatic hydroxyl groups is 1. The zero-order valence-corrected chi connectivity index (χ0v) is 34.6. The zero-order valence-electron chi connectivity index (χ0n) is 34.6. The molecule has 57 heavy (non-hydrogen) atoms. The van der Waals surface area contributed by atoms with E-state index in [2.05, 4.69) is 47.8 Å². The summed E-state index contributed by atoms with van der Waals surface area (Å²) in [5.74, 6) is 0.951. The molecule has 2 fully saturated rings. The fraction of sp³-hybridized carbons (Fsp3) is 0.490. The van der Waals surface area contributed by atoms with Crippen molar-refractivity contribution >= 4 is 5.97 Å². The van der Waals surface area contributed by atoms with Crippen LogP contribution in [0.2, 0.25) is 0 Å². The van der Waals surface area contributed by atoms with E-state index in [1.807, 2.05) is 53.7 Å². The molecule has 3 aliphatic rings. The number of nitrogens with one attached hydrogen (secondary N) is 1. The topological polar surface area (TPSA) is 67.8 Å². The lowest BCUT2D eigenvalue weighted by molar-refractivity contribution is -0.164. The van der Waals surface area contributed by atoms with Gasteiger partial charge in [0.05, 0.1) is 16.6 Å². The van der Waals surface area contributed by atoms with Crippen LogP contribution in [0.1, 0.15) is 137 Å². The van der Waals surface area contributed by atoms with Gasteiger partial charge in [-0.05, 0) is 186 Å². The highest BCUT2D eigenvalue weighted by molar-refractivity contribution is 5.80. The largest absolute Gasteiger partial charge is 0.489 e. The smallest absolute Gasteiger partial charge is 0.416 e. The summed E-state index contributed by atoms with van der Waals surface area (Å²) >= 11 is 0. The van der Waals surface area contributed by atoms with Gasteiger partial charge in [0, 0.05) is 0 Å². The second-order valence-corrected chi connectivity index (χ2v) is 18.2. The molecule has 306 valence electrons. The fourth-order valence-corrected chi connectivity index (χ4v) is 8.50. The van der Waals surface area contributed by atoms with Gasteiger partial charge in [0.1, 0.15) is 18.0 Å². The SMILES string of the molecule is CC(C)(C)OC(=O)C(C)(C)C.OC1(c2cc3c(c(C4CCNCC4)c2CCc2ccc(OCc4cccc(C(F)(F)F)c4)cc2)Cc2ccccc2-3)CCCCC1. The van der Waals surface area contributed by atoms with Crippen LogP contribution >= 0.6 is 0 Å². The zero-order chi connectivity index (χ0) is 41.0. The number of rotatable bonds is 8. The number of piperidine rings is 1. The third-order valence-corrected chi connectivity index (χ3v) is 11.5. The molecule has 0 aromatic heterocycles. The number of carbonyl (C=O) groups excluding carboxylic acids is 1. The fourth-order valence-electron chi connectivity index (χ4n) is 8.50. The van der Waals surface area contributed by atoms with E-state index < -0.39 is 22.8 Å². The van der Waals surface area contributed by atoms with E-state index in [0.717, 1.165) is 88.6 Å². The predicted molar refractivity (Wildman–Crippen MR) is 221 cm³/mol. The molecule has 0 spiro atoms. The Balaban J connectivity index is 0.000000438. The molecule has 0 bridgehead atoms. The first-order chi connectivity index (χ1) is 26.9. The van der Waals surface area contributed by atoms with E-state index >= 15 is 0 Å². The lowest BCUT2D eigenvalue weighted by atomic mass is 9.72. The Morgan fingerprint density at radius 1 is 0.807 bits per heavy atom. The summed E-state index contributed by atoms with van der Waals surface area (Å²) in [6.45, 7) is 13.3. The van der Waals surface area contributed by atoms with E-state index in [0.29, 0.717) is 17.2 Å². The van der Waals surface area contributed by atoms with Gasteiger partial charge in [-0.1, -0.05) is 67.8 Å². The molecule has 4 aromatic rings. The molecular formula is C49H60F3NO4. The van der Waals surface area contributed by atoms with E-state index in [-0.39, 0.29) is 18.2 Å². The number of ether oxygens (including phenoxy) is 2. The summed E-state index contributed by atoms with van der Waals surface area (Å²) < 4.78 is 50.4. The number of benzene rings is 4. The van der Waals surface area contributed by atoms with Gasteiger partial charge in [0.15, 0.2) is 0 Å². The van der Waals surface area contributed by atoms with Crippen LogP contribution in [0.5, 0.6) is 5.75 Å². The Morgan fingerprint density at radius 2 is 1.49 bits per heavy atom. The predicted octanol–water partition coefficient (Wildman–Crippen LogP) is 11.6. The van der Waals surface area contributed by atoms with Gasteiger partial charge in [0.2, 0.25) is 0 Å². The first-order valence-electron chi connectivity index (χ1n) is 20.7. The first-order valence-corrected chi connectivity index (χ1v) is 20.7. The molecule has 1 aliphatic heterocycles. The second kappa shape index (κ2) is 17.4. The maximum Gasteiger partial charge on any atom is 0.416 e. The van der Waals surface area contributed by atoms with Gasteiger partial charge in [-0.25, -0.2) is 0 Å². The van der Waals surface area contributed by atoms with E-state index in [9.17, 15) is 23.1 Å². The summed E-state index contributed by atoms with van der Waals surface area (Å²) in [5.41, 5.74) is 8.90. The maximum absolute atomic E-state index is 13.1. The van der Waals surface area contributed by atoms with Crippen LogP contribution in [0, 0.1) is 5.41 Å². The number of carbonyl (C=O) groups is 1. The monoisotopic (exact) mass is 783 g/mol. The molecule has 0 atom stereocenters. The van der Waals surface area contributed by atoms with Crippen molar-refractivity contribution in [2.45, 2.75) is 136 Å². The van der Waals surface area contributed by atoms with Gasteiger partial charge >= 0.3 is 12.1 Å². The lowest BCUT2D eigenvalue weighted by Crippen LogP contribution is -2.32. The number of hydrogen-bond donors (Lipinski definition) is 2. The van der Waals surface area contributed by atoms with Gasteiger partial charge < -0.3 is 19.9 Å². The lowest BCUT2D eigenvalue weighted by Gasteiger charge is -2.37. The first kappa shape index (κ1) is 42.5. The summed E-state index contributed by atoms with van der Waals surface area (Å²) in [5, 5.41) is 15.8. The summed E-state index contributed by atoms with van der Waals surface area (Å²) in [6, 6.07) is 24.4. The molecule has 1 saturated carbocycles. The molecule has 5 nitrogen and oxygen atoms in total. The molecule has 2 N–H and O–H groups in total. The van der Waals surface area contributed by atoms with E-state index in [1.54, 1.807) is 6.07 Å². The highest BCUT2D eigenvalue weighted by Gasteiger charge is 2.38. The van der Waals surface area contributed by atoms with Crippen molar-refractivity contribution < 1.29 is 32.5 Å². The van der Waals surface area contributed by atoms with Crippen molar-refractivity contribution in [2.24, 2.45) is 5.41 Å². The van der Waals surface area contributed by atoms with Crippen LogP contribution in [-0.4, -0.2) is 29.8 Å². The van der Waals surface area contributed by atoms with Gasteiger partial charge in [-0.3, -0.25) is 4.79 Å². The van der Waals surface area contributed by atoms with Crippen LogP contribution in [0.25, 0.3) is 11.1 Å². The van der Waals surface area contributed by atoms with Gasteiger partial charge in [0.25, 0.3) is 0 Å². The van der Waals surface area contributed by atoms with Crippen molar-refractivity contribution in [3.05, 3.63) is 123 Å². The average Bonchev–Trinajstić information content (AvgIpc) is 3.54. The summed E-state index contributed by atoms with van der Waals surface area (Å²) in [6.07, 6.45) is 5.37. The van der Waals surface area contributed by atoms with Crippen LogP contribution in [0.4, 0.5) is 13.2 Å². The molecule has 0 unspecified atom stereocenters. The third-order valence-electron chi connectivity index (χ3n) is 11.5. The van der Waals surface area contributed by atoms with Crippen LogP contribution in [0.3, 0.4) is 0 Å². The molecule has 1 saturated heterocycles. The van der Waals surface area contributed by atoms with Crippen molar-refractivity contribution in [3.8, 4) is 16.9 Å². The minimum absolute atomic E-state index is 0.0718. The van der Waals surface area contributed by atoms with Gasteiger partial charge in [-0.15, -0.1) is 0 Å². The Morgan fingerprint density at radius 3 is 2.12 bits per heavy atom. The minimum atomic E-state index is -4.37. The number of alkyl halides is 3. The van der Waals surface area contributed by atoms with Crippen molar-refractivity contribution in [1.82, 2.24) is 5.32 Å². The molecule has 1 heterocycles. The molecule has 7 rings (SSSR count). The molecule has 2 aliphatic carbocycles. The van der Waals surface area contributed by atoms with Crippen molar-refractivity contribution in [2.75, 3.05) is 13.1 Å². The maximum atomic E-state index is 13.1. The van der Waals surface area contributed by atoms with E-state index in [1.165, 1.54) is 51.4 Å². The highest BCUT2D eigenvalue weighted by atomic mass is 19.4. The normalized spacial score (nSPS) is 16.9. The average molecular weight is 784 g/mol. The van der Waals surface area contributed by atoms with Gasteiger partial charge in [-0.2, -0.15) is 13.2 Å². The third kappa shape index (κ3) is 10.7. The molecule has 4 aromatic carbocycles. The van der Waals surface area contributed by atoms with Crippen molar-refractivity contribution in [1.29, 1.82) is 0 Å². The Bertz CT molecular complexity index is 1990. The molecular weight excluding hydrogens is 724 g/mol. The second-order valence-electron chi connectivity index (χ2n) is 18.2. The minimum Gasteiger partial charge on any atom is -0.489 e. The van der Waals surface area contributed by atoms with Crippen LogP contribution < -0.4 is 10.1 Å². The quantitative estimate of drug-likeness (QED) is 0.153. The van der Waals surface area contributed by atoms with E-state index in [4.69, 9.17) is 9.47 Å². The number of fused-ring (bicyclic) bond motifs is 3. The highest BCUT2D eigenvalue weighted by Crippen LogP contribution is 2.49. The number of aryl methyl sites for hydroxylation is 1. The Labute approximate surface area is 337 Å². The van der Waals surface area contributed by atoms with Crippen LogP contribution in [0.15, 0.2) is 78.9 Å². The standard InChI is InChI=1S/C40H42F3NO2.C9H18O2/c41-40(42,43)31-9-6-7-28(23-31)26-46-32-14-11-27(12-15-32)13-16-34-37(39(45)19-4-1-5-20-39)25-35-33-10-3-2-8-30(33)24-36(35)38(34)29-17-21-44-22-18-29;1-8(2,3)7(10)11-9(4,5)6/h2-3,6-12,14-15,23,25,29,44-45H,1,4-5,13,16-22,24,26H2;1-6H3. The molecule has 0 amide bonds. The Kier molecular flexibility index (Phi) is 12.9. The number of halogens is 3. The number of esters is 1. The molecule has 8 heteroatoms.